The number of aromatic carboxylic acids is 1. The minimum absolute atomic E-state index is 0.161. The average molecular weight is 530 g/mol. The van der Waals surface area contributed by atoms with Gasteiger partial charge < -0.3 is 21.3 Å². The van der Waals surface area contributed by atoms with Gasteiger partial charge in [0.15, 0.2) is 0 Å². The van der Waals surface area contributed by atoms with Gasteiger partial charge in [0, 0.05) is 29.2 Å². The molecule has 38 heavy (non-hydrogen) atoms. The van der Waals surface area contributed by atoms with E-state index in [1.165, 1.54) is 34.4 Å². The number of fused-ring (bicyclic) bond motifs is 1. The molecule has 0 fully saturated rings. The van der Waals surface area contributed by atoms with Crippen molar-refractivity contribution in [2.24, 2.45) is 0 Å². The Hall–Kier alpha value is -3.36. The van der Waals surface area contributed by atoms with Crippen molar-refractivity contribution in [1.29, 1.82) is 0 Å². The number of aliphatic hydroxyl groups is 1. The summed E-state index contributed by atoms with van der Waals surface area (Å²) in [6.07, 6.45) is 0.314. The third kappa shape index (κ3) is 7.58. The molecular weight excluding hydrogens is 494 g/mol. The van der Waals surface area contributed by atoms with Crippen LogP contribution in [0.1, 0.15) is 29.8 Å². The van der Waals surface area contributed by atoms with Crippen molar-refractivity contribution in [2.45, 2.75) is 36.8 Å². The summed E-state index contributed by atoms with van der Waals surface area (Å²) in [5.41, 5.74) is 9.23. The van der Waals surface area contributed by atoms with Gasteiger partial charge in [-0.2, -0.15) is 0 Å². The largest absolute Gasteiger partial charge is 0.478 e. The quantitative estimate of drug-likeness (QED) is 0.146. The minimum atomic E-state index is -1.01. The molecule has 0 amide bonds. The maximum Gasteiger partial charge on any atom is 0.335 e. The number of nitrogens with one attached hydrogen (secondary N) is 1. The maximum atomic E-state index is 11.4. The normalized spacial score (nSPS) is 12.7. The molecule has 0 spiro atoms. The van der Waals surface area contributed by atoms with Crippen LogP contribution in [0.2, 0.25) is 0 Å². The number of likely N-dealkylation sites (N-methyl/N-ethyl adjacent to an activating group) is 1. The Morgan fingerprint density at radius 2 is 1.74 bits per heavy atom. The lowest BCUT2D eigenvalue weighted by atomic mass is 9.93. The third-order valence-electron chi connectivity index (χ3n) is 6.37. The molecule has 6 nitrogen and oxygen atoms in total. The van der Waals surface area contributed by atoms with E-state index >= 15 is 0 Å². The summed E-state index contributed by atoms with van der Waals surface area (Å²) in [6.45, 7) is 5.28. The molecule has 4 aromatic rings. The number of rotatable bonds is 11. The van der Waals surface area contributed by atoms with E-state index in [9.17, 15) is 15.0 Å². The Labute approximate surface area is 228 Å². The van der Waals surface area contributed by atoms with Crippen LogP contribution in [0.15, 0.2) is 89.8 Å². The number of β-amino-alcohol motifs (C(OH)–C–C–N with tert-alkyl or cyclic N) is 1. The maximum absolute atomic E-state index is 11.4. The van der Waals surface area contributed by atoms with Gasteiger partial charge in [-0.3, -0.25) is 0 Å². The zero-order valence-electron chi connectivity index (χ0n) is 22.0. The molecule has 0 bridgehead atoms. The number of hydrogen-bond acceptors (Lipinski definition) is 6. The highest BCUT2D eigenvalue weighted by molar-refractivity contribution is 7.97. The molecule has 0 aliphatic rings. The van der Waals surface area contributed by atoms with E-state index in [4.69, 9.17) is 5.73 Å². The van der Waals surface area contributed by atoms with Gasteiger partial charge in [-0.05, 0) is 97.1 Å². The van der Waals surface area contributed by atoms with E-state index in [1.54, 1.807) is 12.1 Å². The van der Waals surface area contributed by atoms with Crippen LogP contribution in [0.4, 0.5) is 5.69 Å². The Bertz CT molecular complexity index is 1420. The molecule has 0 aliphatic carbocycles. The van der Waals surface area contributed by atoms with Crippen LogP contribution in [0.5, 0.6) is 0 Å². The summed E-state index contributed by atoms with van der Waals surface area (Å²) in [7, 11) is 1.95. The number of carbonyl (C=O) groups is 1. The molecule has 1 unspecified atom stereocenters. The fourth-order valence-electron chi connectivity index (χ4n) is 4.57. The van der Waals surface area contributed by atoms with Crippen molar-refractivity contribution < 1.29 is 15.0 Å². The van der Waals surface area contributed by atoms with Crippen LogP contribution in [-0.2, 0) is 6.42 Å². The highest BCUT2D eigenvalue weighted by Gasteiger charge is 2.20. The van der Waals surface area contributed by atoms with Crippen molar-refractivity contribution in [3.8, 4) is 11.1 Å². The molecule has 0 radical (unpaired) electrons. The second-order valence-corrected chi connectivity index (χ2v) is 11.6. The molecule has 0 saturated carbocycles. The fraction of sp³-hybridized carbons (Fsp3) is 0.258. The number of nitrogens with zero attached hydrogens (tertiary/aromatic N) is 1. The van der Waals surface area contributed by atoms with Crippen molar-refractivity contribution in [3.63, 3.8) is 0 Å². The number of nitrogen functional groups attached to an aromatic ring is 1. The van der Waals surface area contributed by atoms with Crippen LogP contribution in [0.25, 0.3) is 21.9 Å². The summed E-state index contributed by atoms with van der Waals surface area (Å²) >= 11 is 1.53. The van der Waals surface area contributed by atoms with Gasteiger partial charge in [0.05, 0.1) is 11.7 Å². The van der Waals surface area contributed by atoms with E-state index in [1.807, 2.05) is 35.6 Å². The number of nitrogens with two attached hydrogens (primary N) is 1. The standard InChI is InChI=1S/C31H35N3O3S/c1-31(2,18-21-11-12-22-7-4-5-8-23(22)13-21)33-19-28(35)20-34(3)38-29-10-6-9-24(17-29)25-14-26(30(36)37)16-27(32)15-25/h4-17,28,33,35H,18-20,32H2,1-3H3,(H,36,37). The third-order valence-corrected chi connectivity index (χ3v) is 7.30. The second-order valence-electron chi connectivity index (χ2n) is 10.4. The van der Waals surface area contributed by atoms with Gasteiger partial charge in [0.1, 0.15) is 0 Å². The number of anilines is 1. The summed E-state index contributed by atoms with van der Waals surface area (Å²) in [6, 6.07) is 27.6. The first kappa shape index (κ1) is 27.7. The molecule has 1 atom stereocenters. The Morgan fingerprint density at radius 3 is 2.50 bits per heavy atom. The average Bonchev–Trinajstić information content (AvgIpc) is 2.87. The van der Waals surface area contributed by atoms with Crippen molar-refractivity contribution in [2.75, 3.05) is 25.9 Å². The van der Waals surface area contributed by atoms with Crippen LogP contribution >= 0.6 is 11.9 Å². The monoisotopic (exact) mass is 529 g/mol. The van der Waals surface area contributed by atoms with E-state index in [0.717, 1.165) is 22.4 Å². The molecule has 4 rings (SSSR count). The molecule has 5 N–H and O–H groups in total. The lowest BCUT2D eigenvalue weighted by Gasteiger charge is -2.29. The minimum Gasteiger partial charge on any atom is -0.478 e. The predicted octanol–water partition coefficient (Wildman–Crippen LogP) is 5.70. The molecule has 198 valence electrons. The van der Waals surface area contributed by atoms with Crippen LogP contribution < -0.4 is 11.1 Å². The topological polar surface area (TPSA) is 98.8 Å². The zero-order valence-corrected chi connectivity index (χ0v) is 22.8. The van der Waals surface area contributed by atoms with Gasteiger partial charge in [0.25, 0.3) is 0 Å². The Kier molecular flexibility index (Phi) is 8.74. The van der Waals surface area contributed by atoms with Crippen molar-refractivity contribution in [3.05, 3.63) is 96.1 Å². The van der Waals surface area contributed by atoms with E-state index < -0.39 is 12.1 Å². The number of carboxylic acids is 1. The number of carboxylic acid groups (broad SMARTS) is 1. The molecular formula is C31H35N3O3S. The van der Waals surface area contributed by atoms with Gasteiger partial charge in [-0.1, -0.05) is 54.6 Å². The van der Waals surface area contributed by atoms with Gasteiger partial charge in [-0.25, -0.2) is 9.10 Å². The van der Waals surface area contributed by atoms with E-state index in [2.05, 4.69) is 61.6 Å². The number of hydrogen-bond donors (Lipinski definition) is 4. The molecule has 0 saturated heterocycles. The first-order chi connectivity index (χ1) is 18.1. The zero-order chi connectivity index (χ0) is 27.3. The second kappa shape index (κ2) is 12.0. The molecule has 4 aromatic carbocycles. The van der Waals surface area contributed by atoms with E-state index in [-0.39, 0.29) is 11.1 Å². The number of aliphatic hydroxyl groups excluding tert-OH is 1. The molecule has 0 aromatic heterocycles. The lowest BCUT2D eigenvalue weighted by Crippen LogP contribution is -2.46. The first-order valence-electron chi connectivity index (χ1n) is 12.6. The first-order valence-corrected chi connectivity index (χ1v) is 13.4. The molecule has 0 aliphatic heterocycles. The van der Waals surface area contributed by atoms with Crippen LogP contribution in [-0.4, -0.2) is 52.3 Å². The van der Waals surface area contributed by atoms with Gasteiger partial charge in [-0.15, -0.1) is 0 Å². The fourth-order valence-corrected chi connectivity index (χ4v) is 5.49. The number of benzene rings is 4. The SMILES string of the molecule is CN(CC(O)CNC(C)(C)Cc1ccc2ccccc2c1)Sc1cccc(-c2cc(N)cc(C(=O)O)c2)c1. The van der Waals surface area contributed by atoms with Crippen LogP contribution in [0.3, 0.4) is 0 Å². The van der Waals surface area contributed by atoms with E-state index in [0.29, 0.717) is 18.8 Å². The Morgan fingerprint density at radius 1 is 0.974 bits per heavy atom. The summed E-state index contributed by atoms with van der Waals surface area (Å²) < 4.78 is 2.00. The lowest BCUT2D eigenvalue weighted by molar-refractivity contribution is 0.0697. The highest BCUT2D eigenvalue weighted by atomic mass is 32.2. The van der Waals surface area contributed by atoms with Crippen molar-refractivity contribution in [1.82, 2.24) is 9.62 Å². The highest BCUT2D eigenvalue weighted by Crippen LogP contribution is 2.29. The van der Waals surface area contributed by atoms with Crippen LogP contribution in [0, 0.1) is 0 Å². The summed E-state index contributed by atoms with van der Waals surface area (Å²) in [5.74, 6) is -1.01. The van der Waals surface area contributed by atoms with Gasteiger partial charge in [0.2, 0.25) is 0 Å². The summed E-state index contributed by atoms with van der Waals surface area (Å²) in [4.78, 5) is 12.4. The smallest absolute Gasteiger partial charge is 0.335 e. The van der Waals surface area contributed by atoms with Gasteiger partial charge >= 0.3 is 5.97 Å². The van der Waals surface area contributed by atoms with Crippen molar-refractivity contribution >= 4 is 34.4 Å². The molecule has 7 heteroatoms. The summed E-state index contributed by atoms with van der Waals surface area (Å²) in [5, 5.41) is 26.1. The Balaban J connectivity index is 1.31. The predicted molar refractivity (Wildman–Crippen MR) is 157 cm³/mol. The molecule has 0 heterocycles.